The Labute approximate surface area is 126 Å². The van der Waals surface area contributed by atoms with E-state index in [1.54, 1.807) is 0 Å². The average Bonchev–Trinajstić information content (AvgIpc) is 3.00. The predicted molar refractivity (Wildman–Crippen MR) is 83.7 cm³/mol. The van der Waals surface area contributed by atoms with Gasteiger partial charge in [0.1, 0.15) is 18.2 Å². The number of nitrogens with zero attached hydrogens (tertiary/aromatic N) is 4. The molecule has 1 unspecified atom stereocenters. The Kier molecular flexibility index (Phi) is 4.55. The van der Waals surface area contributed by atoms with Crippen molar-refractivity contribution in [2.75, 3.05) is 50.1 Å². The van der Waals surface area contributed by atoms with Crippen LogP contribution in [0.2, 0.25) is 0 Å². The summed E-state index contributed by atoms with van der Waals surface area (Å²) in [7, 11) is 1.89. The minimum absolute atomic E-state index is 0.475. The minimum Gasteiger partial charge on any atom is -0.374 e. The van der Waals surface area contributed by atoms with E-state index in [4.69, 9.17) is 4.74 Å². The molecule has 1 aromatic heterocycles. The van der Waals surface area contributed by atoms with Gasteiger partial charge in [0.05, 0.1) is 0 Å². The van der Waals surface area contributed by atoms with Crippen molar-refractivity contribution in [1.29, 1.82) is 0 Å². The lowest BCUT2D eigenvalue weighted by molar-refractivity contribution is 0.128. The highest BCUT2D eigenvalue weighted by molar-refractivity contribution is 5.49. The highest BCUT2D eigenvalue weighted by Crippen LogP contribution is 2.25. The molecule has 0 bridgehead atoms. The molecule has 6 nitrogen and oxygen atoms in total. The van der Waals surface area contributed by atoms with E-state index in [1.165, 1.54) is 19.4 Å². The maximum atomic E-state index is 5.45. The topological polar surface area (TPSA) is 53.5 Å². The second kappa shape index (κ2) is 6.58. The molecule has 21 heavy (non-hydrogen) atoms. The van der Waals surface area contributed by atoms with Gasteiger partial charge in [0.2, 0.25) is 0 Å². The molecule has 2 fully saturated rings. The van der Waals surface area contributed by atoms with Crippen LogP contribution in [-0.4, -0.2) is 60.7 Å². The molecule has 0 aliphatic carbocycles. The van der Waals surface area contributed by atoms with Crippen LogP contribution in [0.25, 0.3) is 0 Å². The van der Waals surface area contributed by atoms with Gasteiger partial charge in [-0.05, 0) is 26.3 Å². The Balaban J connectivity index is 1.76. The first kappa shape index (κ1) is 14.5. The van der Waals surface area contributed by atoms with Gasteiger partial charge in [0.15, 0.2) is 5.82 Å². The van der Waals surface area contributed by atoms with E-state index in [0.717, 1.165) is 37.1 Å². The second-order valence-corrected chi connectivity index (χ2v) is 5.69. The summed E-state index contributed by atoms with van der Waals surface area (Å²) in [5, 5.41) is 3.13. The first-order valence-corrected chi connectivity index (χ1v) is 7.92. The van der Waals surface area contributed by atoms with Crippen molar-refractivity contribution in [2.45, 2.75) is 32.4 Å². The predicted octanol–water partition coefficient (Wildman–Crippen LogP) is 1.34. The van der Waals surface area contributed by atoms with E-state index in [1.807, 2.05) is 20.0 Å². The zero-order valence-corrected chi connectivity index (χ0v) is 13.0. The first-order chi connectivity index (χ1) is 10.3. The Hall–Kier alpha value is -1.40. The van der Waals surface area contributed by atoms with Gasteiger partial charge in [-0.3, -0.25) is 4.90 Å². The number of fused-ring (bicyclic) bond motifs is 1. The molecular formula is C15H25N5O. The molecular weight excluding hydrogens is 266 g/mol. The van der Waals surface area contributed by atoms with Gasteiger partial charge in [0, 0.05) is 45.4 Å². The number of anilines is 2. The van der Waals surface area contributed by atoms with Crippen molar-refractivity contribution in [2.24, 2.45) is 0 Å². The number of aromatic nitrogens is 2. The molecule has 2 saturated heterocycles. The number of hydrogen-bond donors (Lipinski definition) is 1. The summed E-state index contributed by atoms with van der Waals surface area (Å²) in [6.45, 7) is 7.68. The summed E-state index contributed by atoms with van der Waals surface area (Å²) in [4.78, 5) is 14.2. The van der Waals surface area contributed by atoms with Gasteiger partial charge in [-0.1, -0.05) is 0 Å². The van der Waals surface area contributed by atoms with E-state index in [9.17, 15) is 0 Å². The van der Waals surface area contributed by atoms with E-state index < -0.39 is 0 Å². The molecule has 0 aromatic carbocycles. The molecule has 0 spiro atoms. The molecule has 2 aliphatic heterocycles. The number of rotatable bonds is 5. The second-order valence-electron chi connectivity index (χ2n) is 5.69. The maximum absolute atomic E-state index is 5.45. The van der Waals surface area contributed by atoms with Gasteiger partial charge >= 0.3 is 0 Å². The van der Waals surface area contributed by atoms with Crippen LogP contribution in [0.4, 0.5) is 11.6 Å². The van der Waals surface area contributed by atoms with Gasteiger partial charge in [-0.2, -0.15) is 0 Å². The third-order valence-electron chi connectivity index (χ3n) is 4.36. The maximum Gasteiger partial charge on any atom is 0.158 e. The number of piperazine rings is 1. The summed E-state index contributed by atoms with van der Waals surface area (Å²) >= 11 is 0. The van der Waals surface area contributed by atoms with Crippen LogP contribution >= 0.6 is 0 Å². The van der Waals surface area contributed by atoms with Crippen molar-refractivity contribution >= 4 is 11.6 Å². The minimum atomic E-state index is 0.475. The zero-order valence-electron chi connectivity index (χ0n) is 13.0. The SMILES string of the molecule is CCOCc1nc(NC)cc(N2CCN3CCCC3C2)n1. The van der Waals surface area contributed by atoms with Crippen LogP contribution in [0.5, 0.6) is 0 Å². The molecule has 3 heterocycles. The monoisotopic (exact) mass is 291 g/mol. The summed E-state index contributed by atoms with van der Waals surface area (Å²) in [6, 6.07) is 2.74. The number of nitrogens with one attached hydrogen (secondary N) is 1. The third-order valence-corrected chi connectivity index (χ3v) is 4.36. The fraction of sp³-hybridized carbons (Fsp3) is 0.733. The van der Waals surface area contributed by atoms with Crippen molar-refractivity contribution in [1.82, 2.24) is 14.9 Å². The van der Waals surface area contributed by atoms with Crippen molar-refractivity contribution in [3.05, 3.63) is 11.9 Å². The van der Waals surface area contributed by atoms with Crippen LogP contribution in [0.15, 0.2) is 6.07 Å². The standard InChI is InChI=1S/C15H25N5O/c1-3-21-11-14-17-13(16-2)9-15(18-14)20-8-7-19-6-4-5-12(19)10-20/h9,12H,3-8,10-11H2,1-2H3,(H,16,17,18). The number of ether oxygens (including phenoxy) is 1. The Morgan fingerprint density at radius 2 is 2.24 bits per heavy atom. The van der Waals surface area contributed by atoms with Gasteiger partial charge in [-0.25, -0.2) is 9.97 Å². The number of hydrogen-bond acceptors (Lipinski definition) is 6. The van der Waals surface area contributed by atoms with Crippen LogP contribution in [0, 0.1) is 0 Å². The summed E-state index contributed by atoms with van der Waals surface area (Å²) in [6.07, 6.45) is 2.64. The third kappa shape index (κ3) is 3.27. The zero-order chi connectivity index (χ0) is 14.7. The Morgan fingerprint density at radius 1 is 1.33 bits per heavy atom. The summed E-state index contributed by atoms with van der Waals surface area (Å²) in [5.74, 6) is 2.65. The average molecular weight is 291 g/mol. The first-order valence-electron chi connectivity index (χ1n) is 7.92. The largest absolute Gasteiger partial charge is 0.374 e. The fourth-order valence-electron chi connectivity index (χ4n) is 3.23. The van der Waals surface area contributed by atoms with Crippen molar-refractivity contribution < 1.29 is 4.74 Å². The molecule has 0 saturated carbocycles. The molecule has 1 atom stereocenters. The van der Waals surface area contributed by atoms with Gasteiger partial charge < -0.3 is 15.0 Å². The van der Waals surface area contributed by atoms with Crippen molar-refractivity contribution in [3.63, 3.8) is 0 Å². The quantitative estimate of drug-likeness (QED) is 0.883. The smallest absolute Gasteiger partial charge is 0.158 e. The summed E-state index contributed by atoms with van der Waals surface area (Å²) in [5.41, 5.74) is 0. The molecule has 6 heteroatoms. The lowest BCUT2D eigenvalue weighted by Crippen LogP contribution is -2.50. The lowest BCUT2D eigenvalue weighted by Gasteiger charge is -2.38. The Bertz CT molecular complexity index is 481. The van der Waals surface area contributed by atoms with E-state index in [2.05, 4.69) is 25.1 Å². The highest BCUT2D eigenvalue weighted by Gasteiger charge is 2.31. The van der Waals surface area contributed by atoms with E-state index in [-0.39, 0.29) is 0 Å². The Morgan fingerprint density at radius 3 is 3.05 bits per heavy atom. The van der Waals surface area contributed by atoms with E-state index >= 15 is 0 Å². The summed E-state index contributed by atoms with van der Waals surface area (Å²) < 4.78 is 5.45. The normalized spacial score (nSPS) is 22.4. The van der Waals surface area contributed by atoms with E-state index in [0.29, 0.717) is 19.3 Å². The highest BCUT2D eigenvalue weighted by atomic mass is 16.5. The fourth-order valence-corrected chi connectivity index (χ4v) is 3.23. The van der Waals surface area contributed by atoms with Crippen LogP contribution in [0.1, 0.15) is 25.6 Å². The molecule has 116 valence electrons. The van der Waals surface area contributed by atoms with Crippen molar-refractivity contribution in [3.8, 4) is 0 Å². The van der Waals surface area contributed by atoms with Crippen LogP contribution in [-0.2, 0) is 11.3 Å². The van der Waals surface area contributed by atoms with Crippen LogP contribution < -0.4 is 10.2 Å². The molecule has 0 radical (unpaired) electrons. The molecule has 1 aromatic rings. The van der Waals surface area contributed by atoms with Gasteiger partial charge in [0.25, 0.3) is 0 Å². The lowest BCUT2D eigenvalue weighted by atomic mass is 10.1. The molecule has 0 amide bonds. The molecule has 2 aliphatic rings. The van der Waals surface area contributed by atoms with Gasteiger partial charge in [-0.15, -0.1) is 0 Å². The molecule has 3 rings (SSSR count). The molecule has 1 N–H and O–H groups in total. The van der Waals surface area contributed by atoms with Crippen LogP contribution in [0.3, 0.4) is 0 Å².